The van der Waals surface area contributed by atoms with Crippen molar-refractivity contribution in [3.63, 3.8) is 0 Å². The molecule has 1 heterocycles. The number of esters is 1. The molecule has 120 valence electrons. The molecule has 1 fully saturated rings. The van der Waals surface area contributed by atoms with Gasteiger partial charge >= 0.3 is 5.97 Å². The maximum Gasteiger partial charge on any atom is 0.340 e. The van der Waals surface area contributed by atoms with E-state index >= 15 is 0 Å². The van der Waals surface area contributed by atoms with Crippen molar-refractivity contribution in [2.45, 2.75) is 12.6 Å². The SMILES string of the molecule is O=C(OC1CC(=O)N1C(=O)/C=C/c1ccccc1)c1ccccc1. The van der Waals surface area contributed by atoms with E-state index in [0.717, 1.165) is 10.5 Å². The summed E-state index contributed by atoms with van der Waals surface area (Å²) in [5.41, 5.74) is 1.22. The van der Waals surface area contributed by atoms with Crippen LogP contribution < -0.4 is 0 Å². The summed E-state index contributed by atoms with van der Waals surface area (Å²) in [6.07, 6.45) is 2.08. The van der Waals surface area contributed by atoms with Crippen LogP contribution in [0.4, 0.5) is 0 Å². The zero-order valence-corrected chi connectivity index (χ0v) is 12.8. The molecule has 0 saturated carbocycles. The first kappa shape index (κ1) is 15.7. The predicted molar refractivity (Wildman–Crippen MR) is 87.6 cm³/mol. The number of ether oxygens (including phenoxy) is 1. The van der Waals surface area contributed by atoms with Crippen LogP contribution in [-0.2, 0) is 14.3 Å². The van der Waals surface area contributed by atoms with Crippen LogP contribution in [0.15, 0.2) is 66.7 Å². The van der Waals surface area contributed by atoms with E-state index in [1.54, 1.807) is 36.4 Å². The molecule has 0 spiro atoms. The summed E-state index contributed by atoms with van der Waals surface area (Å²) in [5.74, 6) is -1.41. The fourth-order valence-electron chi connectivity index (χ4n) is 2.32. The molecule has 5 nitrogen and oxygen atoms in total. The van der Waals surface area contributed by atoms with E-state index in [0.29, 0.717) is 5.56 Å². The van der Waals surface area contributed by atoms with Crippen LogP contribution in [0.5, 0.6) is 0 Å². The van der Waals surface area contributed by atoms with Crippen molar-refractivity contribution in [2.24, 2.45) is 0 Å². The number of nitrogens with zero attached hydrogens (tertiary/aromatic N) is 1. The number of carbonyl (C=O) groups is 3. The monoisotopic (exact) mass is 321 g/mol. The van der Waals surface area contributed by atoms with Gasteiger partial charge in [0.1, 0.15) is 0 Å². The molecule has 2 aromatic rings. The minimum atomic E-state index is -0.849. The molecule has 0 N–H and O–H groups in total. The third-order valence-electron chi connectivity index (χ3n) is 3.61. The standard InChI is InChI=1S/C19H15NO4/c21-16(12-11-14-7-3-1-4-8-14)20-17(22)13-18(20)24-19(23)15-9-5-2-6-10-15/h1-12,18H,13H2/b12-11+. The second-order valence-corrected chi connectivity index (χ2v) is 5.28. The number of hydrogen-bond acceptors (Lipinski definition) is 4. The smallest absolute Gasteiger partial charge is 0.340 e. The molecule has 0 radical (unpaired) electrons. The molecular formula is C19H15NO4. The van der Waals surface area contributed by atoms with Crippen molar-refractivity contribution in [1.82, 2.24) is 4.90 Å². The van der Waals surface area contributed by atoms with Gasteiger partial charge in [-0.1, -0.05) is 48.5 Å². The zero-order chi connectivity index (χ0) is 16.9. The summed E-state index contributed by atoms with van der Waals surface area (Å²) in [6, 6.07) is 17.7. The van der Waals surface area contributed by atoms with Crippen molar-refractivity contribution < 1.29 is 19.1 Å². The van der Waals surface area contributed by atoms with E-state index in [4.69, 9.17) is 4.74 Å². The Morgan fingerprint density at radius 1 is 1.00 bits per heavy atom. The number of amides is 2. The zero-order valence-electron chi connectivity index (χ0n) is 12.8. The quantitative estimate of drug-likeness (QED) is 0.493. The Labute approximate surface area is 139 Å². The Hall–Kier alpha value is -3.21. The number of carbonyl (C=O) groups excluding carboxylic acids is 3. The van der Waals surface area contributed by atoms with E-state index in [9.17, 15) is 14.4 Å². The Morgan fingerprint density at radius 3 is 2.25 bits per heavy atom. The number of hydrogen-bond donors (Lipinski definition) is 0. The summed E-state index contributed by atoms with van der Waals surface area (Å²) in [7, 11) is 0. The van der Waals surface area contributed by atoms with Gasteiger partial charge in [-0.25, -0.2) is 9.69 Å². The molecular weight excluding hydrogens is 306 g/mol. The summed E-state index contributed by atoms with van der Waals surface area (Å²) < 4.78 is 5.24. The molecule has 0 bridgehead atoms. The van der Waals surface area contributed by atoms with E-state index in [1.807, 2.05) is 30.3 Å². The van der Waals surface area contributed by atoms with Gasteiger partial charge in [0.15, 0.2) is 6.23 Å². The van der Waals surface area contributed by atoms with Gasteiger partial charge in [0.2, 0.25) is 5.91 Å². The van der Waals surface area contributed by atoms with Crippen molar-refractivity contribution in [2.75, 3.05) is 0 Å². The molecule has 1 unspecified atom stereocenters. The van der Waals surface area contributed by atoms with Crippen molar-refractivity contribution in [1.29, 1.82) is 0 Å². The molecule has 2 aromatic carbocycles. The van der Waals surface area contributed by atoms with Gasteiger partial charge in [0.05, 0.1) is 12.0 Å². The van der Waals surface area contributed by atoms with E-state index in [1.165, 1.54) is 6.08 Å². The number of rotatable bonds is 4. The van der Waals surface area contributed by atoms with Gasteiger partial charge in [0, 0.05) is 6.08 Å². The number of likely N-dealkylation sites (tertiary alicyclic amines) is 1. The van der Waals surface area contributed by atoms with Crippen LogP contribution in [0.2, 0.25) is 0 Å². The largest absolute Gasteiger partial charge is 0.437 e. The second-order valence-electron chi connectivity index (χ2n) is 5.28. The average molecular weight is 321 g/mol. The molecule has 0 aliphatic carbocycles. The predicted octanol–water partition coefficient (Wildman–Crippen LogP) is 2.64. The molecule has 1 atom stereocenters. The minimum absolute atomic E-state index is 0.0174. The first-order valence-electron chi connectivity index (χ1n) is 7.50. The minimum Gasteiger partial charge on any atom is -0.437 e. The van der Waals surface area contributed by atoms with Gasteiger partial charge in [-0.05, 0) is 23.8 Å². The lowest BCUT2D eigenvalue weighted by Crippen LogP contribution is -2.56. The Balaban J connectivity index is 1.64. The third kappa shape index (κ3) is 3.41. The highest BCUT2D eigenvalue weighted by molar-refractivity contribution is 6.06. The molecule has 1 saturated heterocycles. The van der Waals surface area contributed by atoms with Crippen LogP contribution >= 0.6 is 0 Å². The highest BCUT2D eigenvalue weighted by atomic mass is 16.6. The van der Waals surface area contributed by atoms with Gasteiger partial charge in [-0.15, -0.1) is 0 Å². The van der Waals surface area contributed by atoms with Crippen molar-refractivity contribution >= 4 is 23.9 Å². The Morgan fingerprint density at radius 2 is 1.62 bits per heavy atom. The molecule has 5 heteroatoms. The van der Waals surface area contributed by atoms with Gasteiger partial charge < -0.3 is 4.74 Å². The molecule has 2 amide bonds. The normalized spacial score (nSPS) is 16.8. The summed E-state index contributed by atoms with van der Waals surface area (Å²) in [5, 5.41) is 0. The molecule has 0 aromatic heterocycles. The lowest BCUT2D eigenvalue weighted by Gasteiger charge is -2.36. The third-order valence-corrected chi connectivity index (χ3v) is 3.61. The van der Waals surface area contributed by atoms with Crippen LogP contribution in [0.25, 0.3) is 6.08 Å². The van der Waals surface area contributed by atoms with Gasteiger partial charge in [0.25, 0.3) is 5.91 Å². The first-order valence-corrected chi connectivity index (χ1v) is 7.50. The van der Waals surface area contributed by atoms with Gasteiger partial charge in [-0.2, -0.15) is 0 Å². The lowest BCUT2D eigenvalue weighted by molar-refractivity contribution is -0.171. The number of imide groups is 1. The maximum absolute atomic E-state index is 12.2. The fourth-order valence-corrected chi connectivity index (χ4v) is 2.32. The topological polar surface area (TPSA) is 63.7 Å². The summed E-state index contributed by atoms with van der Waals surface area (Å²) >= 11 is 0. The summed E-state index contributed by atoms with van der Waals surface area (Å²) in [6.45, 7) is 0. The van der Waals surface area contributed by atoms with E-state index < -0.39 is 18.1 Å². The van der Waals surface area contributed by atoms with Crippen LogP contribution in [-0.4, -0.2) is 28.9 Å². The number of β-lactam (4-membered cyclic amide) rings is 1. The fraction of sp³-hybridized carbons (Fsp3) is 0.105. The molecule has 1 aliphatic rings. The van der Waals surface area contributed by atoms with Crippen molar-refractivity contribution in [3.05, 3.63) is 77.9 Å². The second kappa shape index (κ2) is 6.91. The van der Waals surface area contributed by atoms with E-state index in [-0.39, 0.29) is 12.3 Å². The average Bonchev–Trinajstić information content (AvgIpc) is 2.61. The first-order chi connectivity index (χ1) is 11.6. The van der Waals surface area contributed by atoms with Crippen molar-refractivity contribution in [3.8, 4) is 0 Å². The molecule has 3 rings (SSSR count). The highest BCUT2D eigenvalue weighted by Crippen LogP contribution is 2.22. The number of benzene rings is 2. The lowest BCUT2D eigenvalue weighted by atomic mass is 10.1. The highest BCUT2D eigenvalue weighted by Gasteiger charge is 2.42. The Bertz CT molecular complexity index is 784. The van der Waals surface area contributed by atoms with E-state index in [2.05, 4.69) is 0 Å². The molecule has 1 aliphatic heterocycles. The van der Waals surface area contributed by atoms with Gasteiger partial charge in [-0.3, -0.25) is 9.59 Å². The van der Waals surface area contributed by atoms with Crippen LogP contribution in [0.1, 0.15) is 22.3 Å². The summed E-state index contributed by atoms with van der Waals surface area (Å²) in [4.78, 5) is 36.8. The molecule has 24 heavy (non-hydrogen) atoms. The van der Waals surface area contributed by atoms with Crippen LogP contribution in [0, 0.1) is 0 Å². The Kier molecular flexibility index (Phi) is 4.52. The van der Waals surface area contributed by atoms with Crippen LogP contribution in [0.3, 0.4) is 0 Å². The maximum atomic E-state index is 12.2.